The predicted octanol–water partition coefficient (Wildman–Crippen LogP) is 3.57. The fraction of sp³-hybridized carbons (Fsp3) is 0.714. The fourth-order valence-corrected chi connectivity index (χ4v) is 3.19. The van der Waals surface area contributed by atoms with Gasteiger partial charge in [-0.25, -0.2) is 0 Å². The monoisotopic (exact) mass is 314 g/mol. The predicted molar refractivity (Wildman–Crippen MR) is 77.7 cm³/mol. The molecule has 0 radical (unpaired) electrons. The van der Waals surface area contributed by atoms with E-state index in [1.807, 2.05) is 13.1 Å². The Morgan fingerprint density at radius 3 is 3.00 bits per heavy atom. The average Bonchev–Trinajstić information content (AvgIpc) is 2.82. The van der Waals surface area contributed by atoms with E-state index in [-0.39, 0.29) is 0 Å². The Hall–Kier alpha value is -0.320. The van der Waals surface area contributed by atoms with Crippen LogP contribution in [0.2, 0.25) is 0 Å². The Morgan fingerprint density at radius 1 is 1.50 bits per heavy atom. The molecule has 0 bridgehead atoms. The van der Waals surface area contributed by atoms with Crippen molar-refractivity contribution < 1.29 is 4.42 Å². The Labute approximate surface area is 118 Å². The molecule has 102 valence electrons. The molecule has 1 fully saturated rings. The van der Waals surface area contributed by atoms with E-state index in [4.69, 9.17) is 4.42 Å². The van der Waals surface area contributed by atoms with E-state index < -0.39 is 0 Å². The van der Waals surface area contributed by atoms with Gasteiger partial charge in [0.25, 0.3) is 0 Å². The fourth-order valence-electron chi connectivity index (χ4n) is 2.87. The van der Waals surface area contributed by atoms with E-state index in [1.54, 1.807) is 0 Å². The average molecular weight is 315 g/mol. The number of halogens is 1. The van der Waals surface area contributed by atoms with Crippen LogP contribution < -0.4 is 5.32 Å². The van der Waals surface area contributed by atoms with Gasteiger partial charge in [-0.15, -0.1) is 0 Å². The van der Waals surface area contributed by atoms with E-state index in [9.17, 15) is 0 Å². The summed E-state index contributed by atoms with van der Waals surface area (Å²) in [6, 6.07) is 5.13. The van der Waals surface area contributed by atoms with Crippen LogP contribution in [0.3, 0.4) is 0 Å². The molecule has 2 unspecified atom stereocenters. The van der Waals surface area contributed by atoms with Crippen molar-refractivity contribution >= 4 is 15.9 Å². The van der Waals surface area contributed by atoms with Crippen molar-refractivity contribution in [2.45, 2.75) is 44.7 Å². The van der Waals surface area contributed by atoms with Crippen molar-refractivity contribution in [3.05, 3.63) is 22.6 Å². The Bertz CT molecular complexity index is 366. The van der Waals surface area contributed by atoms with E-state index in [2.05, 4.69) is 39.1 Å². The van der Waals surface area contributed by atoms with Crippen LogP contribution in [-0.4, -0.2) is 31.1 Å². The molecule has 4 heteroatoms. The van der Waals surface area contributed by atoms with Gasteiger partial charge < -0.3 is 9.73 Å². The van der Waals surface area contributed by atoms with Crippen LogP contribution in [0.15, 0.2) is 21.2 Å². The van der Waals surface area contributed by atoms with Crippen LogP contribution >= 0.6 is 15.9 Å². The van der Waals surface area contributed by atoms with Gasteiger partial charge in [-0.05, 0) is 74.4 Å². The van der Waals surface area contributed by atoms with E-state index in [0.717, 1.165) is 17.0 Å². The first kappa shape index (κ1) is 14.1. The molecular weight excluding hydrogens is 292 g/mol. The summed E-state index contributed by atoms with van der Waals surface area (Å²) in [7, 11) is 2.03. The van der Waals surface area contributed by atoms with Crippen molar-refractivity contribution in [3.63, 3.8) is 0 Å². The molecule has 2 atom stereocenters. The summed E-state index contributed by atoms with van der Waals surface area (Å²) in [6.45, 7) is 4.53. The van der Waals surface area contributed by atoms with Crippen molar-refractivity contribution in [2.24, 2.45) is 0 Å². The minimum absolute atomic E-state index is 0.374. The summed E-state index contributed by atoms with van der Waals surface area (Å²) in [5.74, 6) is 1.07. The van der Waals surface area contributed by atoms with Crippen molar-refractivity contribution in [1.29, 1.82) is 0 Å². The number of likely N-dealkylation sites (tertiary alicyclic amines) is 1. The lowest BCUT2D eigenvalue weighted by molar-refractivity contribution is 0.0854. The number of nitrogens with zero attached hydrogens (tertiary/aromatic N) is 1. The molecule has 1 aliphatic rings. The van der Waals surface area contributed by atoms with Crippen LogP contribution in [0.5, 0.6) is 0 Å². The van der Waals surface area contributed by atoms with Gasteiger partial charge in [-0.2, -0.15) is 0 Å². The van der Waals surface area contributed by atoms with E-state index in [1.165, 1.54) is 32.2 Å². The summed E-state index contributed by atoms with van der Waals surface area (Å²) in [4.78, 5) is 2.60. The summed E-state index contributed by atoms with van der Waals surface area (Å²) in [6.07, 6.45) is 5.21. The number of hydrogen-bond acceptors (Lipinski definition) is 3. The van der Waals surface area contributed by atoms with Gasteiger partial charge >= 0.3 is 0 Å². The molecule has 18 heavy (non-hydrogen) atoms. The highest BCUT2D eigenvalue weighted by molar-refractivity contribution is 9.10. The van der Waals surface area contributed by atoms with Crippen molar-refractivity contribution in [3.8, 4) is 0 Å². The molecule has 1 aromatic rings. The number of furan rings is 1. The summed E-state index contributed by atoms with van der Waals surface area (Å²) < 4.78 is 6.54. The first-order chi connectivity index (χ1) is 8.72. The number of nitrogens with one attached hydrogen (secondary N) is 1. The standard InChI is InChI=1S/C14H23BrN2O/c1-11(13-6-7-14(15)18-13)17-10-4-3-5-12(17)8-9-16-2/h6-7,11-12,16H,3-5,8-10H2,1-2H3. The van der Waals surface area contributed by atoms with Crippen molar-refractivity contribution in [1.82, 2.24) is 10.2 Å². The summed E-state index contributed by atoms with van der Waals surface area (Å²) in [5.41, 5.74) is 0. The zero-order valence-corrected chi connectivity index (χ0v) is 12.9. The molecule has 2 rings (SSSR count). The van der Waals surface area contributed by atoms with Crippen LogP contribution in [0.1, 0.15) is 44.4 Å². The van der Waals surface area contributed by atoms with Gasteiger partial charge in [-0.1, -0.05) is 6.42 Å². The van der Waals surface area contributed by atoms with Crippen LogP contribution in [0.25, 0.3) is 0 Å². The third-order valence-electron chi connectivity index (χ3n) is 3.90. The van der Waals surface area contributed by atoms with Gasteiger partial charge in [0.2, 0.25) is 0 Å². The lowest BCUT2D eigenvalue weighted by Crippen LogP contribution is -2.42. The molecule has 1 N–H and O–H groups in total. The first-order valence-corrected chi connectivity index (χ1v) is 7.67. The van der Waals surface area contributed by atoms with Crippen LogP contribution in [0, 0.1) is 0 Å². The van der Waals surface area contributed by atoms with Gasteiger partial charge in [0.1, 0.15) is 5.76 Å². The Morgan fingerprint density at radius 2 is 2.33 bits per heavy atom. The quantitative estimate of drug-likeness (QED) is 0.900. The molecule has 0 aliphatic carbocycles. The zero-order chi connectivity index (χ0) is 13.0. The molecule has 0 amide bonds. The topological polar surface area (TPSA) is 28.4 Å². The second kappa shape index (κ2) is 6.73. The summed E-state index contributed by atoms with van der Waals surface area (Å²) in [5, 5.41) is 3.26. The minimum Gasteiger partial charge on any atom is -0.453 e. The number of piperidine rings is 1. The second-order valence-electron chi connectivity index (χ2n) is 5.10. The smallest absolute Gasteiger partial charge is 0.169 e. The molecule has 3 nitrogen and oxygen atoms in total. The number of rotatable bonds is 5. The lowest BCUT2D eigenvalue weighted by Gasteiger charge is -2.39. The van der Waals surface area contributed by atoms with Gasteiger partial charge in [0.15, 0.2) is 4.67 Å². The molecule has 1 saturated heterocycles. The van der Waals surface area contributed by atoms with E-state index >= 15 is 0 Å². The molecule has 1 aliphatic heterocycles. The molecular formula is C14H23BrN2O. The molecule has 1 aromatic heterocycles. The number of hydrogen-bond donors (Lipinski definition) is 1. The first-order valence-electron chi connectivity index (χ1n) is 6.88. The molecule has 0 saturated carbocycles. The highest BCUT2D eigenvalue weighted by Crippen LogP contribution is 2.31. The van der Waals surface area contributed by atoms with Gasteiger partial charge in [-0.3, -0.25) is 4.90 Å². The third-order valence-corrected chi connectivity index (χ3v) is 4.33. The summed E-state index contributed by atoms with van der Waals surface area (Å²) >= 11 is 3.39. The second-order valence-corrected chi connectivity index (χ2v) is 5.88. The Kier molecular flexibility index (Phi) is 5.27. The van der Waals surface area contributed by atoms with Crippen LogP contribution in [0.4, 0.5) is 0 Å². The van der Waals surface area contributed by atoms with Crippen molar-refractivity contribution in [2.75, 3.05) is 20.1 Å². The maximum absolute atomic E-state index is 5.71. The lowest BCUT2D eigenvalue weighted by atomic mass is 9.97. The normalized spacial score (nSPS) is 23.2. The van der Waals surface area contributed by atoms with Gasteiger partial charge in [0, 0.05) is 6.04 Å². The largest absolute Gasteiger partial charge is 0.453 e. The minimum atomic E-state index is 0.374. The Balaban J connectivity index is 2.03. The molecule has 0 spiro atoms. The van der Waals surface area contributed by atoms with E-state index in [0.29, 0.717) is 12.1 Å². The molecule has 0 aromatic carbocycles. The molecule has 2 heterocycles. The zero-order valence-electron chi connectivity index (χ0n) is 11.3. The SMILES string of the molecule is CNCCC1CCCCN1C(C)c1ccc(Br)o1. The third kappa shape index (κ3) is 3.37. The van der Waals surface area contributed by atoms with Crippen LogP contribution in [-0.2, 0) is 0 Å². The highest BCUT2D eigenvalue weighted by atomic mass is 79.9. The highest BCUT2D eigenvalue weighted by Gasteiger charge is 2.28. The van der Waals surface area contributed by atoms with Gasteiger partial charge in [0.05, 0.1) is 6.04 Å². The maximum Gasteiger partial charge on any atom is 0.169 e. The maximum atomic E-state index is 5.71.